The van der Waals surface area contributed by atoms with Gasteiger partial charge in [0.05, 0.1) is 6.54 Å². The summed E-state index contributed by atoms with van der Waals surface area (Å²) >= 11 is 0. The van der Waals surface area contributed by atoms with Gasteiger partial charge in [-0.1, -0.05) is 19.3 Å². The van der Waals surface area contributed by atoms with E-state index in [0.717, 1.165) is 18.7 Å². The van der Waals surface area contributed by atoms with Crippen LogP contribution >= 0.6 is 12.4 Å². The highest BCUT2D eigenvalue weighted by molar-refractivity contribution is 5.85. The number of halogens is 1. The summed E-state index contributed by atoms with van der Waals surface area (Å²) in [5.41, 5.74) is 5.99. The average Bonchev–Trinajstić information content (AvgIpc) is 2.85. The molecule has 2 N–H and O–H groups in total. The first-order valence-corrected chi connectivity index (χ1v) is 7.46. The first kappa shape index (κ1) is 18.0. The lowest BCUT2D eigenvalue weighted by Crippen LogP contribution is -2.39. The first-order chi connectivity index (χ1) is 9.56. The number of carbonyl (C=O) groups excluding carboxylic acids is 1. The molecule has 6 heteroatoms. The molecule has 0 atom stereocenters. The van der Waals surface area contributed by atoms with Gasteiger partial charge in [0.15, 0.2) is 0 Å². The number of aromatic nitrogens is 2. The van der Waals surface area contributed by atoms with Gasteiger partial charge in [-0.2, -0.15) is 0 Å². The fourth-order valence-electron chi connectivity index (χ4n) is 3.06. The Morgan fingerprint density at radius 1 is 1.43 bits per heavy atom. The largest absolute Gasteiger partial charge is 0.338 e. The zero-order chi connectivity index (χ0) is 14.6. The van der Waals surface area contributed by atoms with Gasteiger partial charge >= 0.3 is 0 Å². The van der Waals surface area contributed by atoms with Gasteiger partial charge in [0.2, 0.25) is 5.91 Å². The Bertz CT molecular complexity index is 454. The van der Waals surface area contributed by atoms with E-state index in [4.69, 9.17) is 5.73 Å². The van der Waals surface area contributed by atoms with Crippen LogP contribution in [0.1, 0.15) is 44.3 Å². The minimum Gasteiger partial charge on any atom is -0.338 e. The van der Waals surface area contributed by atoms with E-state index in [-0.39, 0.29) is 23.7 Å². The standard InChI is InChI=1S/C15H26N4O.ClH/c1-18-9-8-17-13(18)11-19(2)14(20)10-15(12-16)6-4-3-5-7-15;/h8-9H,3-7,10-12,16H2,1-2H3;1H. The maximum absolute atomic E-state index is 12.4. The van der Waals surface area contributed by atoms with Crippen molar-refractivity contribution in [3.05, 3.63) is 18.2 Å². The van der Waals surface area contributed by atoms with Crippen molar-refractivity contribution in [3.8, 4) is 0 Å². The van der Waals surface area contributed by atoms with Gasteiger partial charge in [0.25, 0.3) is 0 Å². The molecule has 0 unspecified atom stereocenters. The molecule has 1 amide bonds. The molecular formula is C15H27ClN4O. The zero-order valence-electron chi connectivity index (χ0n) is 13.0. The molecule has 0 bridgehead atoms. The molecule has 5 nitrogen and oxygen atoms in total. The topological polar surface area (TPSA) is 64.2 Å². The van der Waals surface area contributed by atoms with Crippen LogP contribution in [0.5, 0.6) is 0 Å². The Balaban J connectivity index is 0.00000220. The number of imidazole rings is 1. The minimum atomic E-state index is 0. The molecule has 1 heterocycles. The van der Waals surface area contributed by atoms with Crippen LogP contribution in [-0.2, 0) is 18.4 Å². The molecule has 0 saturated heterocycles. The van der Waals surface area contributed by atoms with E-state index in [0.29, 0.717) is 19.5 Å². The highest BCUT2D eigenvalue weighted by atomic mass is 35.5. The third kappa shape index (κ3) is 4.45. The van der Waals surface area contributed by atoms with Crippen molar-refractivity contribution in [3.63, 3.8) is 0 Å². The Labute approximate surface area is 133 Å². The monoisotopic (exact) mass is 314 g/mol. The second-order valence-corrected chi connectivity index (χ2v) is 6.15. The van der Waals surface area contributed by atoms with E-state index in [9.17, 15) is 4.79 Å². The van der Waals surface area contributed by atoms with Crippen LogP contribution < -0.4 is 5.73 Å². The van der Waals surface area contributed by atoms with E-state index in [1.165, 1.54) is 19.3 Å². The SMILES string of the molecule is CN(Cc1nccn1C)C(=O)CC1(CN)CCCCC1.Cl. The van der Waals surface area contributed by atoms with Crippen LogP contribution in [-0.4, -0.2) is 34.0 Å². The summed E-state index contributed by atoms with van der Waals surface area (Å²) in [7, 11) is 3.80. The number of rotatable bonds is 5. The second-order valence-electron chi connectivity index (χ2n) is 6.15. The highest BCUT2D eigenvalue weighted by Crippen LogP contribution is 2.38. The van der Waals surface area contributed by atoms with E-state index in [1.54, 1.807) is 11.1 Å². The van der Waals surface area contributed by atoms with Crippen LogP contribution in [0.15, 0.2) is 12.4 Å². The number of amides is 1. The van der Waals surface area contributed by atoms with Gasteiger partial charge in [-0.05, 0) is 24.8 Å². The second kappa shape index (κ2) is 7.80. The van der Waals surface area contributed by atoms with Crippen LogP contribution in [0.4, 0.5) is 0 Å². The van der Waals surface area contributed by atoms with Crippen molar-refractivity contribution in [2.75, 3.05) is 13.6 Å². The molecule has 2 rings (SSSR count). The molecule has 1 aromatic heterocycles. The lowest BCUT2D eigenvalue weighted by Gasteiger charge is -2.36. The molecule has 21 heavy (non-hydrogen) atoms. The highest BCUT2D eigenvalue weighted by Gasteiger charge is 2.33. The van der Waals surface area contributed by atoms with Crippen molar-refractivity contribution in [1.82, 2.24) is 14.5 Å². The maximum atomic E-state index is 12.4. The summed E-state index contributed by atoms with van der Waals surface area (Å²) in [6.07, 6.45) is 10.1. The van der Waals surface area contributed by atoms with E-state index >= 15 is 0 Å². The minimum absolute atomic E-state index is 0. The number of nitrogens with zero attached hydrogens (tertiary/aromatic N) is 3. The van der Waals surface area contributed by atoms with Gasteiger partial charge in [-0.3, -0.25) is 4.79 Å². The van der Waals surface area contributed by atoms with E-state index < -0.39 is 0 Å². The smallest absolute Gasteiger partial charge is 0.223 e. The molecule has 0 aliphatic heterocycles. The maximum Gasteiger partial charge on any atom is 0.223 e. The predicted molar refractivity (Wildman–Crippen MR) is 86.1 cm³/mol. The molecule has 0 spiro atoms. The Kier molecular flexibility index (Phi) is 6.68. The van der Waals surface area contributed by atoms with Gasteiger partial charge in [0.1, 0.15) is 5.82 Å². The first-order valence-electron chi connectivity index (χ1n) is 7.46. The number of carbonyl (C=O) groups is 1. The van der Waals surface area contributed by atoms with Gasteiger partial charge in [-0.25, -0.2) is 4.98 Å². The third-order valence-corrected chi connectivity index (χ3v) is 4.60. The van der Waals surface area contributed by atoms with E-state index in [1.807, 2.05) is 24.9 Å². The molecule has 1 saturated carbocycles. The summed E-state index contributed by atoms with van der Waals surface area (Å²) in [4.78, 5) is 18.5. The molecule has 1 aliphatic rings. The Morgan fingerprint density at radius 3 is 2.62 bits per heavy atom. The van der Waals surface area contributed by atoms with E-state index in [2.05, 4.69) is 4.98 Å². The average molecular weight is 315 g/mol. The normalized spacial score (nSPS) is 17.1. The molecule has 0 radical (unpaired) electrons. The van der Waals surface area contributed by atoms with Crippen molar-refractivity contribution < 1.29 is 4.79 Å². The van der Waals surface area contributed by atoms with Crippen molar-refractivity contribution in [2.24, 2.45) is 18.2 Å². The molecule has 120 valence electrons. The lowest BCUT2D eigenvalue weighted by atomic mass is 9.71. The molecule has 1 fully saturated rings. The third-order valence-electron chi connectivity index (χ3n) is 4.60. The Hall–Kier alpha value is -1.07. The summed E-state index contributed by atoms with van der Waals surface area (Å²) < 4.78 is 1.95. The number of hydrogen-bond donors (Lipinski definition) is 1. The van der Waals surface area contributed by atoms with Gasteiger partial charge < -0.3 is 15.2 Å². The predicted octanol–water partition coefficient (Wildman–Crippen LogP) is 2.10. The fraction of sp³-hybridized carbons (Fsp3) is 0.733. The molecule has 0 aromatic carbocycles. The number of nitrogens with two attached hydrogens (primary N) is 1. The van der Waals surface area contributed by atoms with Gasteiger partial charge in [0, 0.05) is 32.9 Å². The van der Waals surface area contributed by atoms with Gasteiger partial charge in [-0.15, -0.1) is 12.4 Å². The van der Waals surface area contributed by atoms with Crippen molar-refractivity contribution >= 4 is 18.3 Å². The van der Waals surface area contributed by atoms with Crippen LogP contribution in [0.2, 0.25) is 0 Å². The summed E-state index contributed by atoms with van der Waals surface area (Å²) in [5, 5.41) is 0. The number of aryl methyl sites for hydroxylation is 1. The van der Waals surface area contributed by atoms with Crippen LogP contribution in [0.3, 0.4) is 0 Å². The summed E-state index contributed by atoms with van der Waals surface area (Å²) in [6, 6.07) is 0. The lowest BCUT2D eigenvalue weighted by molar-refractivity contribution is -0.133. The van der Waals surface area contributed by atoms with Crippen LogP contribution in [0, 0.1) is 5.41 Å². The summed E-state index contributed by atoms with van der Waals surface area (Å²) in [6.45, 7) is 1.18. The molecule has 1 aromatic rings. The van der Waals surface area contributed by atoms with Crippen molar-refractivity contribution in [2.45, 2.75) is 45.1 Å². The zero-order valence-corrected chi connectivity index (χ0v) is 13.9. The Morgan fingerprint density at radius 2 is 2.10 bits per heavy atom. The molecular weight excluding hydrogens is 288 g/mol. The number of hydrogen-bond acceptors (Lipinski definition) is 3. The van der Waals surface area contributed by atoms with Crippen LogP contribution in [0.25, 0.3) is 0 Å². The summed E-state index contributed by atoms with van der Waals surface area (Å²) in [5.74, 6) is 1.09. The quantitative estimate of drug-likeness (QED) is 0.905. The fourth-order valence-corrected chi connectivity index (χ4v) is 3.06. The molecule has 1 aliphatic carbocycles. The van der Waals surface area contributed by atoms with Crippen molar-refractivity contribution in [1.29, 1.82) is 0 Å².